The summed E-state index contributed by atoms with van der Waals surface area (Å²) in [7, 11) is 3.24. The third kappa shape index (κ3) is 9.53. The molecule has 5 aromatic rings. The van der Waals surface area contributed by atoms with Crippen LogP contribution >= 0.6 is 0 Å². The summed E-state index contributed by atoms with van der Waals surface area (Å²) in [4.78, 5) is 49.4. The molecule has 0 atom stereocenters. The summed E-state index contributed by atoms with van der Waals surface area (Å²) in [5.74, 6) is 2.05. The minimum absolute atomic E-state index is 0.0728. The molecule has 0 spiro atoms. The first kappa shape index (κ1) is 38.9. The molecule has 8 rings (SSSR count). The zero-order valence-electron chi connectivity index (χ0n) is 32.1. The van der Waals surface area contributed by atoms with Crippen LogP contribution in [0, 0.1) is 0 Å². The lowest BCUT2D eigenvalue weighted by molar-refractivity contribution is -0.118. The molecule has 4 N–H and O–H groups in total. The molecule has 0 saturated carbocycles. The number of nitrogens with two attached hydrogens (primary N) is 1. The molecule has 2 saturated heterocycles. The van der Waals surface area contributed by atoms with Gasteiger partial charge < -0.3 is 49.5 Å². The Balaban J connectivity index is 0.000000189. The number of amides is 1. The number of methoxy groups -OCH3 is 2. The van der Waals surface area contributed by atoms with Crippen LogP contribution in [-0.4, -0.2) is 107 Å². The van der Waals surface area contributed by atoms with Crippen molar-refractivity contribution < 1.29 is 19.0 Å². The summed E-state index contributed by atoms with van der Waals surface area (Å²) in [5.41, 5.74) is 10.8. The first-order valence-corrected chi connectivity index (χ1v) is 19.3. The smallest absolute Gasteiger partial charge is 0.269 e. The number of hydrogen-bond donors (Lipinski definition) is 3. The van der Waals surface area contributed by atoms with E-state index in [-0.39, 0.29) is 23.6 Å². The van der Waals surface area contributed by atoms with Crippen molar-refractivity contribution in [1.82, 2.24) is 34.2 Å². The van der Waals surface area contributed by atoms with Gasteiger partial charge in [0.05, 0.1) is 54.4 Å². The molecule has 0 bridgehead atoms. The van der Waals surface area contributed by atoms with Gasteiger partial charge >= 0.3 is 0 Å². The molecule has 0 unspecified atom stereocenters. The number of aromatic nitrogens is 4. The quantitative estimate of drug-likeness (QED) is 0.180. The number of benzene rings is 3. The van der Waals surface area contributed by atoms with Crippen LogP contribution in [-0.2, 0) is 24.4 Å². The Bertz CT molecular complexity index is 2260. The molecular weight excluding hydrogens is 715 g/mol. The topological polar surface area (TPSA) is 171 Å². The predicted octanol–water partition coefficient (Wildman–Crippen LogP) is 2.82. The molecule has 15 heteroatoms. The van der Waals surface area contributed by atoms with Gasteiger partial charge in [0.15, 0.2) is 6.61 Å². The number of fused-ring (bicyclic) bond motifs is 3. The minimum Gasteiger partial charge on any atom is -0.497 e. The van der Waals surface area contributed by atoms with Crippen LogP contribution < -0.4 is 41.7 Å². The van der Waals surface area contributed by atoms with Crippen LogP contribution in [0.15, 0.2) is 76.6 Å². The van der Waals surface area contributed by atoms with Gasteiger partial charge in [-0.2, -0.15) is 0 Å². The van der Waals surface area contributed by atoms with E-state index in [2.05, 4.69) is 30.4 Å². The van der Waals surface area contributed by atoms with Gasteiger partial charge in [0.2, 0.25) is 0 Å². The maximum absolute atomic E-state index is 12.5. The number of ether oxygens (including phenoxy) is 3. The molecule has 2 aromatic heterocycles. The molecule has 3 aliphatic rings. The Hall–Kier alpha value is -5.35. The number of carbonyl (C=O) groups is 1. The molecule has 2 fully saturated rings. The molecular formula is C41H51N9O6. The molecule has 0 aliphatic carbocycles. The first-order chi connectivity index (χ1) is 27.3. The van der Waals surface area contributed by atoms with Gasteiger partial charge in [-0.25, -0.2) is 9.97 Å². The van der Waals surface area contributed by atoms with E-state index in [0.717, 1.165) is 122 Å². The molecule has 3 aliphatic heterocycles. The molecule has 56 heavy (non-hydrogen) atoms. The van der Waals surface area contributed by atoms with Crippen molar-refractivity contribution in [3.05, 3.63) is 93.3 Å². The van der Waals surface area contributed by atoms with Crippen LogP contribution in [0.25, 0.3) is 22.1 Å². The van der Waals surface area contributed by atoms with Gasteiger partial charge in [-0.3, -0.25) is 14.4 Å². The summed E-state index contributed by atoms with van der Waals surface area (Å²) < 4.78 is 19.6. The van der Waals surface area contributed by atoms with E-state index in [1.54, 1.807) is 23.4 Å². The third-order valence-electron chi connectivity index (χ3n) is 10.9. The van der Waals surface area contributed by atoms with E-state index >= 15 is 0 Å². The second-order valence-corrected chi connectivity index (χ2v) is 14.5. The van der Waals surface area contributed by atoms with Crippen LogP contribution in [0.2, 0.25) is 0 Å². The van der Waals surface area contributed by atoms with Crippen molar-refractivity contribution in [1.29, 1.82) is 0 Å². The van der Waals surface area contributed by atoms with Crippen molar-refractivity contribution in [3.8, 4) is 17.2 Å². The number of nitrogens with one attached hydrogen (secondary N) is 2. The number of hydrogen-bond acceptors (Lipinski definition) is 12. The maximum Gasteiger partial charge on any atom is 0.269 e. The average molecular weight is 766 g/mol. The fourth-order valence-electron chi connectivity index (χ4n) is 7.52. The monoisotopic (exact) mass is 765 g/mol. The maximum atomic E-state index is 12.5. The summed E-state index contributed by atoms with van der Waals surface area (Å²) in [6.45, 7) is 7.71. The molecule has 3 aromatic carbocycles. The van der Waals surface area contributed by atoms with Crippen LogP contribution in [0.4, 0.5) is 5.69 Å². The van der Waals surface area contributed by atoms with Crippen LogP contribution in [0.5, 0.6) is 17.2 Å². The van der Waals surface area contributed by atoms with E-state index in [4.69, 9.17) is 19.9 Å². The normalized spacial score (nSPS) is 16.8. The van der Waals surface area contributed by atoms with Gasteiger partial charge in [-0.1, -0.05) is 6.07 Å². The highest BCUT2D eigenvalue weighted by Gasteiger charge is 2.21. The average Bonchev–Trinajstić information content (AvgIpc) is 3.22. The fraction of sp³-hybridized carbons (Fsp3) is 0.439. The Morgan fingerprint density at radius 1 is 0.750 bits per heavy atom. The van der Waals surface area contributed by atoms with Crippen molar-refractivity contribution in [2.75, 3.05) is 65.4 Å². The fourth-order valence-corrected chi connectivity index (χ4v) is 7.52. The SMILES string of the molecule is COc1ccc2ncc(=O)n(CCN3CCC(N)CC3)c2c1.COc1ccc2ncc(=O)n(CCN3CCC(NCc4ccc5c(c4)NC(=O)CO5)CC3)c2c1. The number of carbonyl (C=O) groups excluding carboxylic acids is 1. The second kappa shape index (κ2) is 18.1. The van der Waals surface area contributed by atoms with E-state index < -0.39 is 0 Å². The minimum atomic E-state index is -0.119. The van der Waals surface area contributed by atoms with Gasteiger partial charge in [-0.15, -0.1) is 0 Å². The van der Waals surface area contributed by atoms with Gasteiger partial charge in [0.1, 0.15) is 17.2 Å². The molecule has 5 heterocycles. The zero-order chi connectivity index (χ0) is 39.0. The number of piperidine rings is 2. The molecule has 0 radical (unpaired) electrons. The lowest BCUT2D eigenvalue weighted by atomic mass is 10.0. The molecule has 1 amide bonds. The number of likely N-dealkylation sites (tertiary alicyclic amines) is 2. The Labute approximate surface area is 325 Å². The van der Waals surface area contributed by atoms with Gasteiger partial charge in [-0.05, 0) is 93.8 Å². The summed E-state index contributed by atoms with van der Waals surface area (Å²) in [5, 5.41) is 6.50. The van der Waals surface area contributed by atoms with Crippen LogP contribution in [0.1, 0.15) is 31.2 Å². The first-order valence-electron chi connectivity index (χ1n) is 19.3. The van der Waals surface area contributed by atoms with Crippen LogP contribution in [0.3, 0.4) is 0 Å². The van der Waals surface area contributed by atoms with E-state index in [9.17, 15) is 14.4 Å². The lowest BCUT2D eigenvalue weighted by Crippen LogP contribution is -2.43. The second-order valence-electron chi connectivity index (χ2n) is 14.5. The lowest BCUT2D eigenvalue weighted by Gasteiger charge is -2.32. The van der Waals surface area contributed by atoms with E-state index in [1.165, 1.54) is 12.4 Å². The summed E-state index contributed by atoms with van der Waals surface area (Å²) in [6, 6.07) is 17.9. The number of nitrogens with zero attached hydrogens (tertiary/aromatic N) is 6. The highest BCUT2D eigenvalue weighted by Crippen LogP contribution is 2.28. The number of anilines is 1. The largest absolute Gasteiger partial charge is 0.497 e. The van der Waals surface area contributed by atoms with Crippen molar-refractivity contribution in [3.63, 3.8) is 0 Å². The number of rotatable bonds is 11. The summed E-state index contributed by atoms with van der Waals surface area (Å²) >= 11 is 0. The third-order valence-corrected chi connectivity index (χ3v) is 10.9. The standard InChI is InChI=1S/C25H29N5O4.C16H22N4O2/c1-33-19-3-4-20-22(13-19)30(25(32)15-27-20)11-10-29-8-6-18(7-9-29)26-14-17-2-5-23-21(12-17)28-24(31)16-34-23;1-22-13-2-3-14-15(10-13)20(16(21)11-18-14)9-8-19-6-4-12(17)5-7-19/h2-5,12-13,15,18,26H,6-11,14,16H2,1H3,(H,28,31);2-3,10-12H,4-9,17H2,1H3. The Morgan fingerprint density at radius 2 is 1.30 bits per heavy atom. The van der Waals surface area contributed by atoms with Gasteiger partial charge in [0, 0.05) is 56.9 Å². The highest BCUT2D eigenvalue weighted by molar-refractivity contribution is 5.95. The summed E-state index contributed by atoms with van der Waals surface area (Å²) in [6.07, 6.45) is 6.93. The van der Waals surface area contributed by atoms with Crippen molar-refractivity contribution in [2.24, 2.45) is 5.73 Å². The highest BCUT2D eigenvalue weighted by atomic mass is 16.5. The Kier molecular flexibility index (Phi) is 12.6. The van der Waals surface area contributed by atoms with Gasteiger partial charge in [0.25, 0.3) is 17.0 Å². The molecule has 296 valence electrons. The van der Waals surface area contributed by atoms with E-state index in [1.807, 2.05) is 54.6 Å². The van der Waals surface area contributed by atoms with Crippen molar-refractivity contribution >= 4 is 33.7 Å². The molecule has 15 nitrogen and oxygen atoms in total. The Morgan fingerprint density at radius 3 is 1.86 bits per heavy atom. The van der Waals surface area contributed by atoms with E-state index in [0.29, 0.717) is 25.2 Å². The predicted molar refractivity (Wildman–Crippen MR) is 216 cm³/mol. The zero-order valence-corrected chi connectivity index (χ0v) is 32.1. The van der Waals surface area contributed by atoms with Crippen molar-refractivity contribution in [2.45, 2.75) is 57.4 Å².